The SMILES string of the molecule is O=C(O)CNC(=O)C(CSC(=O)c1ccccc1)NC(=O)c1ccccc1. The summed E-state index contributed by atoms with van der Waals surface area (Å²) in [5.74, 6) is -2.39. The number of carbonyl (C=O) groups is 4. The van der Waals surface area contributed by atoms with Gasteiger partial charge in [-0.3, -0.25) is 19.2 Å². The molecule has 8 heteroatoms. The van der Waals surface area contributed by atoms with Crippen molar-refractivity contribution in [3.63, 3.8) is 0 Å². The zero-order valence-corrected chi connectivity index (χ0v) is 15.1. The number of carbonyl (C=O) groups excluding carboxylic acids is 3. The summed E-state index contributed by atoms with van der Waals surface area (Å²) >= 11 is 0.875. The zero-order valence-electron chi connectivity index (χ0n) is 14.3. The van der Waals surface area contributed by atoms with Gasteiger partial charge in [0, 0.05) is 16.9 Å². The third-order valence-electron chi connectivity index (χ3n) is 3.46. The molecule has 3 N–H and O–H groups in total. The first kappa shape index (κ1) is 20.2. The predicted molar refractivity (Wildman–Crippen MR) is 102 cm³/mol. The Morgan fingerprint density at radius 2 is 1.44 bits per heavy atom. The van der Waals surface area contributed by atoms with Crippen LogP contribution in [-0.2, 0) is 9.59 Å². The van der Waals surface area contributed by atoms with E-state index in [0.717, 1.165) is 11.8 Å². The highest BCUT2D eigenvalue weighted by Gasteiger charge is 2.23. The highest BCUT2D eigenvalue weighted by atomic mass is 32.2. The van der Waals surface area contributed by atoms with E-state index in [4.69, 9.17) is 5.11 Å². The van der Waals surface area contributed by atoms with Gasteiger partial charge in [0.15, 0.2) is 0 Å². The lowest BCUT2D eigenvalue weighted by atomic mass is 10.2. The number of thioether (sulfide) groups is 1. The maximum atomic E-state index is 12.3. The van der Waals surface area contributed by atoms with Crippen LogP contribution in [-0.4, -0.2) is 46.3 Å². The Balaban J connectivity index is 2.04. The van der Waals surface area contributed by atoms with Crippen LogP contribution in [0.15, 0.2) is 60.7 Å². The van der Waals surface area contributed by atoms with Crippen molar-refractivity contribution < 1.29 is 24.3 Å². The molecule has 27 heavy (non-hydrogen) atoms. The minimum Gasteiger partial charge on any atom is -0.480 e. The first-order chi connectivity index (χ1) is 13.0. The molecule has 0 spiro atoms. The lowest BCUT2D eigenvalue weighted by Crippen LogP contribution is -2.49. The normalized spacial score (nSPS) is 11.3. The molecule has 0 radical (unpaired) electrons. The fraction of sp³-hybridized carbons (Fsp3) is 0.158. The number of rotatable bonds is 8. The van der Waals surface area contributed by atoms with Gasteiger partial charge in [0.05, 0.1) is 0 Å². The minimum atomic E-state index is -1.20. The molecule has 2 amide bonds. The summed E-state index contributed by atoms with van der Waals surface area (Å²) in [5.41, 5.74) is 0.828. The molecule has 2 aromatic rings. The molecule has 1 atom stereocenters. The molecular formula is C19H18N2O5S. The van der Waals surface area contributed by atoms with Crippen molar-refractivity contribution >= 4 is 34.7 Å². The van der Waals surface area contributed by atoms with E-state index in [1.807, 2.05) is 0 Å². The van der Waals surface area contributed by atoms with Crippen molar-refractivity contribution in [1.29, 1.82) is 0 Å². The number of amides is 2. The van der Waals surface area contributed by atoms with Crippen molar-refractivity contribution in [2.45, 2.75) is 6.04 Å². The number of nitrogens with one attached hydrogen (secondary N) is 2. The van der Waals surface area contributed by atoms with E-state index < -0.39 is 30.4 Å². The molecular weight excluding hydrogens is 368 g/mol. The lowest BCUT2D eigenvalue weighted by molar-refractivity contribution is -0.138. The maximum absolute atomic E-state index is 12.3. The van der Waals surface area contributed by atoms with Gasteiger partial charge in [0.1, 0.15) is 12.6 Å². The van der Waals surface area contributed by atoms with Crippen LogP contribution in [0.2, 0.25) is 0 Å². The van der Waals surface area contributed by atoms with Gasteiger partial charge in [-0.25, -0.2) is 0 Å². The summed E-state index contributed by atoms with van der Waals surface area (Å²) in [5, 5.41) is 13.2. The van der Waals surface area contributed by atoms with E-state index in [0.29, 0.717) is 11.1 Å². The highest BCUT2D eigenvalue weighted by Crippen LogP contribution is 2.14. The van der Waals surface area contributed by atoms with Crippen LogP contribution in [0.5, 0.6) is 0 Å². The van der Waals surface area contributed by atoms with E-state index in [-0.39, 0.29) is 10.9 Å². The number of hydrogen-bond donors (Lipinski definition) is 3. The lowest BCUT2D eigenvalue weighted by Gasteiger charge is -2.17. The summed E-state index contributed by atoms with van der Waals surface area (Å²) in [4.78, 5) is 47.4. The molecule has 0 fully saturated rings. The van der Waals surface area contributed by atoms with Crippen LogP contribution in [0.4, 0.5) is 0 Å². The van der Waals surface area contributed by atoms with Gasteiger partial charge in [0.25, 0.3) is 5.91 Å². The molecule has 0 aliphatic rings. The van der Waals surface area contributed by atoms with Gasteiger partial charge in [-0.15, -0.1) is 0 Å². The Hall–Kier alpha value is -3.13. The summed E-state index contributed by atoms with van der Waals surface area (Å²) < 4.78 is 0. The molecule has 0 aliphatic carbocycles. The Morgan fingerprint density at radius 1 is 0.889 bits per heavy atom. The van der Waals surface area contributed by atoms with Crippen molar-refractivity contribution in [3.8, 4) is 0 Å². The largest absolute Gasteiger partial charge is 0.480 e. The molecule has 0 saturated carbocycles. The monoisotopic (exact) mass is 386 g/mol. The zero-order chi connectivity index (χ0) is 19.6. The van der Waals surface area contributed by atoms with Crippen molar-refractivity contribution in [1.82, 2.24) is 10.6 Å². The second-order valence-electron chi connectivity index (χ2n) is 5.47. The van der Waals surface area contributed by atoms with Gasteiger partial charge in [-0.05, 0) is 12.1 Å². The van der Waals surface area contributed by atoms with Crippen LogP contribution in [0, 0.1) is 0 Å². The molecule has 2 rings (SSSR count). The van der Waals surface area contributed by atoms with Crippen LogP contribution < -0.4 is 10.6 Å². The van der Waals surface area contributed by atoms with Gasteiger partial charge in [0.2, 0.25) is 11.0 Å². The van der Waals surface area contributed by atoms with E-state index in [1.54, 1.807) is 60.7 Å². The van der Waals surface area contributed by atoms with Crippen molar-refractivity contribution in [2.24, 2.45) is 0 Å². The predicted octanol–water partition coefficient (Wildman–Crippen LogP) is 1.56. The van der Waals surface area contributed by atoms with E-state index in [2.05, 4.69) is 10.6 Å². The van der Waals surface area contributed by atoms with Crippen LogP contribution in [0.1, 0.15) is 20.7 Å². The molecule has 0 heterocycles. The Morgan fingerprint density at radius 3 is 2.00 bits per heavy atom. The van der Waals surface area contributed by atoms with Crippen LogP contribution in [0.3, 0.4) is 0 Å². The average molecular weight is 386 g/mol. The molecule has 2 aromatic carbocycles. The molecule has 7 nitrogen and oxygen atoms in total. The first-order valence-corrected chi connectivity index (χ1v) is 9.03. The molecule has 0 aliphatic heterocycles. The smallest absolute Gasteiger partial charge is 0.322 e. The molecule has 1 unspecified atom stereocenters. The second-order valence-corrected chi connectivity index (χ2v) is 6.46. The highest BCUT2D eigenvalue weighted by molar-refractivity contribution is 8.14. The van der Waals surface area contributed by atoms with Crippen molar-refractivity contribution in [2.75, 3.05) is 12.3 Å². The number of carboxylic acids is 1. The summed E-state index contributed by atoms with van der Waals surface area (Å²) in [6.45, 7) is -0.576. The van der Waals surface area contributed by atoms with Gasteiger partial charge >= 0.3 is 5.97 Å². The maximum Gasteiger partial charge on any atom is 0.322 e. The third-order valence-corrected chi connectivity index (χ3v) is 4.46. The fourth-order valence-corrected chi connectivity index (χ4v) is 2.97. The van der Waals surface area contributed by atoms with Crippen molar-refractivity contribution in [3.05, 3.63) is 71.8 Å². The number of aliphatic carboxylic acids is 1. The molecule has 140 valence electrons. The molecule has 0 aromatic heterocycles. The van der Waals surface area contributed by atoms with Gasteiger partial charge in [-0.2, -0.15) is 0 Å². The minimum absolute atomic E-state index is 0.0300. The second kappa shape index (κ2) is 10.1. The fourth-order valence-electron chi connectivity index (χ4n) is 2.12. The summed E-state index contributed by atoms with van der Waals surface area (Å²) in [7, 11) is 0. The Kier molecular flexibility index (Phi) is 7.57. The number of carboxylic acid groups (broad SMARTS) is 1. The van der Waals surface area contributed by atoms with E-state index in [9.17, 15) is 19.2 Å². The molecule has 0 bridgehead atoms. The Bertz CT molecular complexity index is 811. The average Bonchev–Trinajstić information content (AvgIpc) is 2.70. The number of benzene rings is 2. The van der Waals surface area contributed by atoms with Gasteiger partial charge in [-0.1, -0.05) is 60.3 Å². The van der Waals surface area contributed by atoms with E-state index in [1.165, 1.54) is 0 Å². The van der Waals surface area contributed by atoms with E-state index >= 15 is 0 Å². The first-order valence-electron chi connectivity index (χ1n) is 8.05. The summed E-state index contributed by atoms with van der Waals surface area (Å²) in [6, 6.07) is 15.8. The third kappa shape index (κ3) is 6.59. The number of hydrogen-bond acceptors (Lipinski definition) is 5. The standard InChI is InChI=1S/C19H18N2O5S/c22-16(23)11-20-18(25)15(21-17(24)13-7-3-1-4-8-13)12-27-19(26)14-9-5-2-6-10-14/h1-10,15H,11-12H2,(H,20,25)(H,21,24)(H,22,23). The Labute approximate surface area is 160 Å². The molecule has 0 saturated heterocycles. The topological polar surface area (TPSA) is 113 Å². The summed E-state index contributed by atoms with van der Waals surface area (Å²) in [6.07, 6.45) is 0. The quantitative estimate of drug-likeness (QED) is 0.635. The van der Waals surface area contributed by atoms with Crippen LogP contribution >= 0.6 is 11.8 Å². The van der Waals surface area contributed by atoms with Crippen LogP contribution in [0.25, 0.3) is 0 Å². The van der Waals surface area contributed by atoms with Gasteiger partial charge < -0.3 is 15.7 Å².